The number of hydrogen-bond donors (Lipinski definition) is 1. The zero-order valence-electron chi connectivity index (χ0n) is 11.5. The first-order valence-corrected chi connectivity index (χ1v) is 7.41. The molecule has 1 fully saturated rings. The highest BCUT2D eigenvalue weighted by Gasteiger charge is 2.33. The van der Waals surface area contributed by atoms with Gasteiger partial charge in [-0.15, -0.1) is 0 Å². The lowest BCUT2D eigenvalue weighted by atomic mass is 9.80. The predicted molar refractivity (Wildman–Crippen MR) is 76.1 cm³/mol. The van der Waals surface area contributed by atoms with Crippen LogP contribution in [0.3, 0.4) is 0 Å². The Bertz CT molecular complexity index is 463. The van der Waals surface area contributed by atoms with Crippen molar-refractivity contribution in [2.45, 2.75) is 39.8 Å². The number of nitrogens with two attached hydrogens (primary N) is 1. The largest absolute Gasteiger partial charge is 0.327 e. The Hall–Kier alpha value is -0.650. The summed E-state index contributed by atoms with van der Waals surface area (Å²) in [6, 6.07) is 0.291. The molecule has 1 saturated heterocycles. The van der Waals surface area contributed by atoms with Gasteiger partial charge in [0, 0.05) is 36.8 Å². The number of nitrogens with zero attached hydrogens (tertiary/aromatic N) is 2. The van der Waals surface area contributed by atoms with Gasteiger partial charge in [-0.05, 0) is 25.3 Å². The Balaban J connectivity index is 1.94. The van der Waals surface area contributed by atoms with E-state index in [-0.39, 0.29) is 10.3 Å². The Morgan fingerprint density at radius 1 is 1.50 bits per heavy atom. The molecule has 2 heterocycles. The Kier molecular flexibility index (Phi) is 3.94. The number of aromatic nitrogens is 1. The first kappa shape index (κ1) is 13.8. The maximum absolute atomic E-state index is 11.6. The lowest BCUT2D eigenvalue weighted by Gasteiger charge is -2.42. The van der Waals surface area contributed by atoms with E-state index in [1.165, 1.54) is 11.3 Å². The molecule has 0 aromatic carbocycles. The molecular weight excluding hydrogens is 246 g/mol. The topological polar surface area (TPSA) is 51.3 Å². The number of rotatable bonds is 3. The van der Waals surface area contributed by atoms with Crippen LogP contribution in [-0.4, -0.2) is 35.1 Å². The zero-order chi connectivity index (χ0) is 13.3. The van der Waals surface area contributed by atoms with E-state index >= 15 is 0 Å². The van der Waals surface area contributed by atoms with Crippen molar-refractivity contribution in [1.82, 2.24) is 9.47 Å². The minimum atomic E-state index is 0.153. The van der Waals surface area contributed by atoms with E-state index in [4.69, 9.17) is 5.73 Å². The molecule has 1 aromatic rings. The summed E-state index contributed by atoms with van der Waals surface area (Å²) in [4.78, 5) is 14.2. The van der Waals surface area contributed by atoms with Crippen LogP contribution in [-0.2, 0) is 6.54 Å². The van der Waals surface area contributed by atoms with Crippen molar-refractivity contribution in [2.24, 2.45) is 11.1 Å². The average molecular weight is 269 g/mol. The lowest BCUT2D eigenvalue weighted by Crippen LogP contribution is -2.53. The Morgan fingerprint density at radius 2 is 2.22 bits per heavy atom. The fourth-order valence-electron chi connectivity index (χ4n) is 2.59. The molecule has 1 unspecified atom stereocenters. The van der Waals surface area contributed by atoms with Gasteiger partial charge in [0.1, 0.15) is 0 Å². The lowest BCUT2D eigenvalue weighted by molar-refractivity contribution is 0.0923. The summed E-state index contributed by atoms with van der Waals surface area (Å²) < 4.78 is 1.87. The van der Waals surface area contributed by atoms with E-state index in [1.54, 1.807) is 0 Å². The number of thiazole rings is 1. The van der Waals surface area contributed by atoms with Crippen LogP contribution in [0.5, 0.6) is 0 Å². The van der Waals surface area contributed by atoms with Crippen LogP contribution in [0.15, 0.2) is 10.2 Å². The molecule has 4 nitrogen and oxygen atoms in total. The van der Waals surface area contributed by atoms with Crippen LogP contribution in [0, 0.1) is 12.3 Å². The van der Waals surface area contributed by atoms with Gasteiger partial charge in [0.2, 0.25) is 0 Å². The van der Waals surface area contributed by atoms with E-state index in [9.17, 15) is 4.79 Å². The molecule has 102 valence electrons. The number of piperidine rings is 1. The van der Waals surface area contributed by atoms with Crippen LogP contribution >= 0.6 is 11.3 Å². The molecule has 0 spiro atoms. The van der Waals surface area contributed by atoms with Crippen LogP contribution in [0.2, 0.25) is 0 Å². The minimum Gasteiger partial charge on any atom is -0.327 e. The summed E-state index contributed by atoms with van der Waals surface area (Å²) in [7, 11) is 0. The zero-order valence-corrected chi connectivity index (χ0v) is 12.3. The first-order valence-electron chi connectivity index (χ1n) is 6.53. The molecular formula is C13H23N3OS. The molecule has 0 saturated carbocycles. The molecule has 0 bridgehead atoms. The van der Waals surface area contributed by atoms with Gasteiger partial charge in [-0.2, -0.15) is 0 Å². The second-order valence-electron chi connectivity index (χ2n) is 5.95. The molecule has 1 aliphatic heterocycles. The van der Waals surface area contributed by atoms with Crippen molar-refractivity contribution in [2.75, 3.05) is 19.6 Å². The number of likely N-dealkylation sites (tertiary alicyclic amines) is 1. The van der Waals surface area contributed by atoms with Crippen LogP contribution < -0.4 is 10.6 Å². The highest BCUT2D eigenvalue weighted by Crippen LogP contribution is 2.27. The summed E-state index contributed by atoms with van der Waals surface area (Å²) in [6.45, 7) is 10.2. The quantitative estimate of drug-likeness (QED) is 0.899. The van der Waals surface area contributed by atoms with Crippen molar-refractivity contribution in [3.63, 3.8) is 0 Å². The summed E-state index contributed by atoms with van der Waals surface area (Å²) in [6.07, 6.45) is 1.05. The molecule has 0 amide bonds. The number of hydrogen-bond acceptors (Lipinski definition) is 4. The monoisotopic (exact) mass is 269 g/mol. The van der Waals surface area contributed by atoms with E-state index in [1.807, 2.05) is 16.9 Å². The van der Waals surface area contributed by atoms with E-state index in [2.05, 4.69) is 18.7 Å². The second kappa shape index (κ2) is 5.15. The maximum atomic E-state index is 11.6. The summed E-state index contributed by atoms with van der Waals surface area (Å²) in [5, 5.41) is 1.93. The van der Waals surface area contributed by atoms with Gasteiger partial charge < -0.3 is 15.2 Å². The highest BCUT2D eigenvalue weighted by atomic mass is 32.1. The average Bonchev–Trinajstić information content (AvgIpc) is 2.61. The fourth-order valence-corrected chi connectivity index (χ4v) is 3.35. The first-order chi connectivity index (χ1) is 8.40. The van der Waals surface area contributed by atoms with Gasteiger partial charge >= 0.3 is 4.87 Å². The molecule has 2 N–H and O–H groups in total. The smallest absolute Gasteiger partial charge is 0.307 e. The predicted octanol–water partition coefficient (Wildman–Crippen LogP) is 1.28. The standard InChI is InChI=1S/C13H23N3OS/c1-10-8-18-12(17)16(10)7-6-15-5-4-11(14)13(2,3)9-15/h8,11H,4-7,9,14H2,1-3H3. The van der Waals surface area contributed by atoms with Crippen molar-refractivity contribution >= 4 is 11.3 Å². The molecule has 0 aliphatic carbocycles. The van der Waals surface area contributed by atoms with Gasteiger partial charge in [0.25, 0.3) is 0 Å². The van der Waals surface area contributed by atoms with Gasteiger partial charge in [-0.25, -0.2) is 0 Å². The second-order valence-corrected chi connectivity index (χ2v) is 6.78. The Morgan fingerprint density at radius 3 is 2.78 bits per heavy atom. The normalized spacial score (nSPS) is 24.3. The number of aryl methyl sites for hydroxylation is 1. The SMILES string of the molecule is Cc1csc(=O)n1CCN1CCC(N)C(C)(C)C1. The van der Waals surface area contributed by atoms with Gasteiger partial charge in [0.05, 0.1) is 0 Å². The van der Waals surface area contributed by atoms with E-state index < -0.39 is 0 Å². The maximum Gasteiger partial charge on any atom is 0.307 e. The Labute approximate surface area is 112 Å². The third kappa shape index (κ3) is 2.84. The van der Waals surface area contributed by atoms with Crippen LogP contribution in [0.25, 0.3) is 0 Å². The third-order valence-corrected chi connectivity index (χ3v) is 4.89. The molecule has 5 heteroatoms. The van der Waals surface area contributed by atoms with Crippen molar-refractivity contribution < 1.29 is 0 Å². The van der Waals surface area contributed by atoms with Crippen molar-refractivity contribution in [3.8, 4) is 0 Å². The van der Waals surface area contributed by atoms with Crippen LogP contribution in [0.1, 0.15) is 26.0 Å². The molecule has 1 aliphatic rings. The third-order valence-electron chi connectivity index (χ3n) is 4.01. The molecule has 1 aromatic heterocycles. The van der Waals surface area contributed by atoms with Gasteiger partial charge in [-0.1, -0.05) is 25.2 Å². The van der Waals surface area contributed by atoms with Crippen LogP contribution in [0.4, 0.5) is 0 Å². The summed E-state index contributed by atoms with van der Waals surface area (Å²) >= 11 is 1.29. The summed E-state index contributed by atoms with van der Waals surface area (Å²) in [5.41, 5.74) is 7.37. The molecule has 2 rings (SSSR count). The van der Waals surface area contributed by atoms with E-state index in [0.29, 0.717) is 6.04 Å². The summed E-state index contributed by atoms with van der Waals surface area (Å²) in [5.74, 6) is 0. The highest BCUT2D eigenvalue weighted by molar-refractivity contribution is 7.07. The molecule has 1 atom stereocenters. The van der Waals surface area contributed by atoms with Crippen molar-refractivity contribution in [1.29, 1.82) is 0 Å². The fraction of sp³-hybridized carbons (Fsp3) is 0.769. The van der Waals surface area contributed by atoms with Gasteiger partial charge in [0.15, 0.2) is 0 Å². The van der Waals surface area contributed by atoms with Crippen molar-refractivity contribution in [3.05, 3.63) is 20.7 Å². The van der Waals surface area contributed by atoms with E-state index in [0.717, 1.165) is 38.3 Å². The molecule has 18 heavy (non-hydrogen) atoms. The minimum absolute atomic E-state index is 0.153. The van der Waals surface area contributed by atoms with Gasteiger partial charge in [-0.3, -0.25) is 4.79 Å². The molecule has 0 radical (unpaired) electrons.